The lowest BCUT2D eigenvalue weighted by molar-refractivity contribution is 0.301. The third-order valence-corrected chi connectivity index (χ3v) is 5.50. The van der Waals surface area contributed by atoms with E-state index < -0.39 is 0 Å². The summed E-state index contributed by atoms with van der Waals surface area (Å²) in [5, 5.41) is 7.13. The van der Waals surface area contributed by atoms with Gasteiger partial charge in [-0.2, -0.15) is 5.10 Å². The van der Waals surface area contributed by atoms with Crippen LogP contribution in [0, 0.1) is 3.57 Å². The quantitative estimate of drug-likeness (QED) is 0.501. The molecule has 1 aromatic heterocycles. The molecule has 0 spiro atoms. The average Bonchev–Trinajstić information content (AvgIpc) is 2.99. The first kappa shape index (κ1) is 17.8. The predicted octanol–water partition coefficient (Wildman–Crippen LogP) is 5.36. The van der Waals surface area contributed by atoms with Gasteiger partial charge in [0.15, 0.2) is 5.82 Å². The molecule has 1 atom stereocenters. The van der Waals surface area contributed by atoms with Gasteiger partial charge in [0, 0.05) is 5.56 Å². The first-order valence-corrected chi connectivity index (χ1v) is 9.48. The van der Waals surface area contributed by atoms with Crippen LogP contribution in [0.1, 0.15) is 37.3 Å². The summed E-state index contributed by atoms with van der Waals surface area (Å²) in [5.74, 6) is 1.87. The number of aromatic amines is 1. The van der Waals surface area contributed by atoms with Crippen LogP contribution in [0.25, 0.3) is 11.3 Å². The lowest BCUT2D eigenvalue weighted by atomic mass is 9.95. The zero-order valence-electron chi connectivity index (χ0n) is 14.4. The molecular formula is C20H22IN3O. The minimum Gasteiger partial charge on any atom is -0.489 e. The van der Waals surface area contributed by atoms with E-state index in [4.69, 9.17) is 10.5 Å². The van der Waals surface area contributed by atoms with Gasteiger partial charge < -0.3 is 10.5 Å². The Morgan fingerprint density at radius 2 is 1.96 bits per heavy atom. The molecule has 25 heavy (non-hydrogen) atoms. The van der Waals surface area contributed by atoms with Crippen molar-refractivity contribution in [2.45, 2.75) is 32.8 Å². The second-order valence-electron chi connectivity index (χ2n) is 6.13. The molecule has 130 valence electrons. The van der Waals surface area contributed by atoms with Gasteiger partial charge >= 0.3 is 0 Å². The van der Waals surface area contributed by atoms with E-state index in [0.29, 0.717) is 18.3 Å². The standard InChI is InChI=1S/C20H22IN3O/c1-3-13(2)16-11-15(19-18(21)20(22)24-23-19)9-10-17(16)25-12-14-7-5-4-6-8-14/h4-11,13H,3,12H2,1-2H3,(H3,22,23,24). The minimum atomic E-state index is 0.406. The van der Waals surface area contributed by atoms with Gasteiger partial charge in [-0.3, -0.25) is 5.10 Å². The summed E-state index contributed by atoms with van der Waals surface area (Å²) in [6.07, 6.45) is 1.05. The number of nitrogens with two attached hydrogens (primary N) is 1. The monoisotopic (exact) mass is 447 g/mol. The summed E-state index contributed by atoms with van der Waals surface area (Å²) < 4.78 is 7.07. The SMILES string of the molecule is CCC(C)c1cc(-c2[nH]nc(N)c2I)ccc1OCc1ccccc1. The third kappa shape index (κ3) is 3.98. The van der Waals surface area contributed by atoms with Crippen LogP contribution in [-0.2, 0) is 6.61 Å². The Bertz CT molecular complexity index is 845. The number of ether oxygens (including phenoxy) is 1. The number of benzene rings is 2. The number of nitrogens with one attached hydrogen (secondary N) is 1. The Labute approximate surface area is 161 Å². The smallest absolute Gasteiger partial charge is 0.159 e. The van der Waals surface area contributed by atoms with Crippen LogP contribution in [-0.4, -0.2) is 10.2 Å². The van der Waals surface area contributed by atoms with E-state index in [1.54, 1.807) is 0 Å². The fourth-order valence-electron chi connectivity index (χ4n) is 2.71. The number of halogens is 1. The molecule has 0 saturated heterocycles. The topological polar surface area (TPSA) is 63.9 Å². The number of hydrogen-bond acceptors (Lipinski definition) is 3. The summed E-state index contributed by atoms with van der Waals surface area (Å²) >= 11 is 2.23. The number of H-pyrrole nitrogens is 1. The van der Waals surface area contributed by atoms with Crippen molar-refractivity contribution in [3.63, 3.8) is 0 Å². The maximum Gasteiger partial charge on any atom is 0.159 e. The maximum absolute atomic E-state index is 6.12. The fraction of sp³-hybridized carbons (Fsp3) is 0.250. The van der Waals surface area contributed by atoms with Gasteiger partial charge in [-0.1, -0.05) is 44.2 Å². The number of nitrogen functional groups attached to an aromatic ring is 1. The minimum absolute atomic E-state index is 0.406. The van der Waals surface area contributed by atoms with Gasteiger partial charge in [0.2, 0.25) is 0 Å². The first-order valence-electron chi connectivity index (χ1n) is 8.40. The van der Waals surface area contributed by atoms with Crippen LogP contribution in [0.3, 0.4) is 0 Å². The van der Waals surface area contributed by atoms with Crippen LogP contribution in [0.4, 0.5) is 5.82 Å². The zero-order chi connectivity index (χ0) is 17.8. The van der Waals surface area contributed by atoms with Crippen molar-refractivity contribution in [3.8, 4) is 17.0 Å². The lowest BCUT2D eigenvalue weighted by Crippen LogP contribution is -2.01. The Morgan fingerprint density at radius 3 is 2.60 bits per heavy atom. The molecule has 4 nitrogen and oxygen atoms in total. The Kier molecular flexibility index (Phi) is 5.63. The second-order valence-corrected chi connectivity index (χ2v) is 7.21. The molecule has 0 fully saturated rings. The van der Waals surface area contributed by atoms with Crippen LogP contribution < -0.4 is 10.5 Å². The molecule has 5 heteroatoms. The Balaban J connectivity index is 1.91. The van der Waals surface area contributed by atoms with Crippen molar-refractivity contribution < 1.29 is 4.74 Å². The molecule has 1 unspecified atom stereocenters. The van der Waals surface area contributed by atoms with Gasteiger partial charge in [-0.15, -0.1) is 0 Å². The van der Waals surface area contributed by atoms with E-state index in [1.807, 2.05) is 24.3 Å². The van der Waals surface area contributed by atoms with E-state index in [0.717, 1.165) is 32.6 Å². The van der Waals surface area contributed by atoms with Gasteiger partial charge in [-0.05, 0) is 64.3 Å². The molecule has 0 saturated carbocycles. The molecular weight excluding hydrogens is 425 g/mol. The summed E-state index contributed by atoms with van der Waals surface area (Å²) in [6.45, 7) is 4.98. The molecule has 0 aliphatic rings. The molecule has 0 amide bonds. The Morgan fingerprint density at radius 1 is 1.20 bits per heavy atom. The van der Waals surface area contributed by atoms with Crippen LogP contribution in [0.5, 0.6) is 5.75 Å². The highest BCUT2D eigenvalue weighted by Gasteiger charge is 2.15. The average molecular weight is 447 g/mol. The number of hydrogen-bond donors (Lipinski definition) is 2. The van der Waals surface area contributed by atoms with Crippen molar-refractivity contribution in [1.82, 2.24) is 10.2 Å². The molecule has 2 aromatic carbocycles. The van der Waals surface area contributed by atoms with Crippen LogP contribution >= 0.6 is 22.6 Å². The predicted molar refractivity (Wildman–Crippen MR) is 111 cm³/mol. The normalized spacial score (nSPS) is 12.1. The summed E-state index contributed by atoms with van der Waals surface area (Å²) in [4.78, 5) is 0. The number of anilines is 1. The highest BCUT2D eigenvalue weighted by atomic mass is 127. The van der Waals surface area contributed by atoms with Crippen molar-refractivity contribution >= 4 is 28.4 Å². The van der Waals surface area contributed by atoms with E-state index in [-0.39, 0.29) is 0 Å². The van der Waals surface area contributed by atoms with Gasteiger partial charge in [0.25, 0.3) is 0 Å². The van der Waals surface area contributed by atoms with E-state index in [9.17, 15) is 0 Å². The van der Waals surface area contributed by atoms with E-state index in [1.165, 1.54) is 5.56 Å². The number of rotatable bonds is 6. The van der Waals surface area contributed by atoms with Gasteiger partial charge in [0.05, 0.1) is 9.26 Å². The van der Waals surface area contributed by atoms with E-state index >= 15 is 0 Å². The van der Waals surface area contributed by atoms with Crippen molar-refractivity contribution in [2.75, 3.05) is 5.73 Å². The first-order chi connectivity index (χ1) is 12.1. The van der Waals surface area contributed by atoms with Gasteiger partial charge in [0.1, 0.15) is 12.4 Å². The summed E-state index contributed by atoms with van der Waals surface area (Å²) in [5.41, 5.74) is 10.3. The second kappa shape index (κ2) is 7.91. The lowest BCUT2D eigenvalue weighted by Gasteiger charge is -2.17. The van der Waals surface area contributed by atoms with Crippen LogP contribution in [0.2, 0.25) is 0 Å². The van der Waals surface area contributed by atoms with E-state index in [2.05, 4.69) is 70.9 Å². The molecule has 0 aliphatic heterocycles. The van der Waals surface area contributed by atoms with Gasteiger partial charge in [-0.25, -0.2) is 0 Å². The van der Waals surface area contributed by atoms with Crippen molar-refractivity contribution in [1.29, 1.82) is 0 Å². The fourth-order valence-corrected chi connectivity index (χ4v) is 3.26. The summed E-state index contributed by atoms with van der Waals surface area (Å²) in [7, 11) is 0. The number of nitrogens with zero attached hydrogens (tertiary/aromatic N) is 1. The number of aromatic nitrogens is 2. The van der Waals surface area contributed by atoms with Crippen molar-refractivity contribution in [2.24, 2.45) is 0 Å². The third-order valence-electron chi connectivity index (χ3n) is 4.41. The molecule has 0 aliphatic carbocycles. The molecule has 3 aromatic rings. The van der Waals surface area contributed by atoms with Crippen LogP contribution in [0.15, 0.2) is 48.5 Å². The van der Waals surface area contributed by atoms with Crippen molar-refractivity contribution in [3.05, 3.63) is 63.2 Å². The Hall–Kier alpha value is -2.02. The summed E-state index contributed by atoms with van der Waals surface area (Å²) in [6, 6.07) is 16.5. The molecule has 0 bridgehead atoms. The molecule has 1 heterocycles. The maximum atomic E-state index is 6.12. The molecule has 0 radical (unpaired) electrons. The highest BCUT2D eigenvalue weighted by molar-refractivity contribution is 14.1. The largest absolute Gasteiger partial charge is 0.489 e. The zero-order valence-corrected chi connectivity index (χ0v) is 16.6. The highest BCUT2D eigenvalue weighted by Crippen LogP contribution is 2.35. The molecule has 3 rings (SSSR count). The molecule has 3 N–H and O–H groups in total.